The first kappa shape index (κ1) is 13.5. The summed E-state index contributed by atoms with van der Waals surface area (Å²) in [5, 5.41) is 8.61. The number of aryl methyl sites for hydroxylation is 2. The van der Waals surface area contributed by atoms with E-state index in [-0.39, 0.29) is 6.04 Å². The SMILES string of the molecule is Cc1cc(C)c(C)c(C(N)/C=C/C(=O)O)c1C. The highest BCUT2D eigenvalue weighted by atomic mass is 16.4. The fourth-order valence-corrected chi connectivity index (χ4v) is 2.03. The third-order valence-electron chi connectivity index (χ3n) is 3.20. The highest BCUT2D eigenvalue weighted by Crippen LogP contribution is 2.26. The normalized spacial score (nSPS) is 13.0. The molecule has 0 fully saturated rings. The third kappa shape index (κ3) is 2.94. The summed E-state index contributed by atoms with van der Waals surface area (Å²) in [6, 6.07) is 1.76. The third-order valence-corrected chi connectivity index (χ3v) is 3.20. The number of carbonyl (C=O) groups is 1. The molecule has 17 heavy (non-hydrogen) atoms. The maximum atomic E-state index is 10.5. The number of carboxylic acids is 1. The highest BCUT2D eigenvalue weighted by molar-refractivity contribution is 5.79. The molecule has 0 bridgehead atoms. The highest BCUT2D eigenvalue weighted by Gasteiger charge is 2.13. The van der Waals surface area contributed by atoms with Crippen LogP contribution in [0.2, 0.25) is 0 Å². The van der Waals surface area contributed by atoms with E-state index >= 15 is 0 Å². The van der Waals surface area contributed by atoms with Gasteiger partial charge in [-0.1, -0.05) is 12.1 Å². The molecule has 0 aliphatic heterocycles. The van der Waals surface area contributed by atoms with E-state index in [9.17, 15) is 4.79 Å². The van der Waals surface area contributed by atoms with Crippen molar-refractivity contribution in [1.82, 2.24) is 0 Å². The van der Waals surface area contributed by atoms with Gasteiger partial charge in [-0.3, -0.25) is 0 Å². The van der Waals surface area contributed by atoms with Crippen molar-refractivity contribution < 1.29 is 9.90 Å². The van der Waals surface area contributed by atoms with Crippen LogP contribution in [-0.2, 0) is 4.79 Å². The molecule has 0 spiro atoms. The van der Waals surface area contributed by atoms with E-state index in [2.05, 4.69) is 6.07 Å². The van der Waals surface area contributed by atoms with Crippen LogP contribution in [-0.4, -0.2) is 11.1 Å². The summed E-state index contributed by atoms with van der Waals surface area (Å²) in [4.78, 5) is 10.5. The van der Waals surface area contributed by atoms with Gasteiger partial charge in [0.2, 0.25) is 0 Å². The van der Waals surface area contributed by atoms with Gasteiger partial charge in [0.05, 0.1) is 0 Å². The van der Waals surface area contributed by atoms with E-state index in [1.807, 2.05) is 27.7 Å². The van der Waals surface area contributed by atoms with E-state index in [1.54, 1.807) is 0 Å². The molecule has 3 N–H and O–H groups in total. The van der Waals surface area contributed by atoms with Crippen molar-refractivity contribution in [3.63, 3.8) is 0 Å². The standard InChI is InChI=1S/C14H19NO2/c1-8-7-9(2)11(4)14(10(8)3)12(15)5-6-13(16)17/h5-7,12H,15H2,1-4H3,(H,16,17)/b6-5+. The number of aliphatic carboxylic acids is 1. The first-order valence-corrected chi connectivity index (χ1v) is 5.58. The number of rotatable bonds is 3. The lowest BCUT2D eigenvalue weighted by atomic mass is 9.90. The van der Waals surface area contributed by atoms with Crippen LogP contribution < -0.4 is 5.73 Å². The Balaban J connectivity index is 3.25. The average Bonchev–Trinajstić information content (AvgIpc) is 2.24. The quantitative estimate of drug-likeness (QED) is 0.789. The van der Waals surface area contributed by atoms with Gasteiger partial charge >= 0.3 is 5.97 Å². The Labute approximate surface area is 102 Å². The van der Waals surface area contributed by atoms with Crippen LogP contribution in [0.25, 0.3) is 0 Å². The van der Waals surface area contributed by atoms with Crippen molar-refractivity contribution in [2.24, 2.45) is 5.73 Å². The van der Waals surface area contributed by atoms with Crippen LogP contribution >= 0.6 is 0 Å². The van der Waals surface area contributed by atoms with E-state index in [0.717, 1.165) is 22.8 Å². The van der Waals surface area contributed by atoms with Crippen molar-refractivity contribution >= 4 is 5.97 Å². The molecule has 1 rings (SSSR count). The van der Waals surface area contributed by atoms with Crippen LogP contribution in [0.1, 0.15) is 33.9 Å². The topological polar surface area (TPSA) is 63.3 Å². The summed E-state index contributed by atoms with van der Waals surface area (Å²) in [6.45, 7) is 8.12. The summed E-state index contributed by atoms with van der Waals surface area (Å²) < 4.78 is 0. The summed E-state index contributed by atoms with van der Waals surface area (Å²) in [7, 11) is 0. The molecule has 0 amide bonds. The zero-order chi connectivity index (χ0) is 13.2. The van der Waals surface area contributed by atoms with Crippen molar-refractivity contribution in [2.45, 2.75) is 33.7 Å². The summed E-state index contributed by atoms with van der Waals surface area (Å²) in [5.74, 6) is -0.972. The first-order valence-electron chi connectivity index (χ1n) is 5.58. The number of nitrogens with two attached hydrogens (primary N) is 1. The molecule has 0 saturated heterocycles. The van der Waals surface area contributed by atoms with E-state index in [0.29, 0.717) is 0 Å². The Hall–Kier alpha value is -1.61. The first-order chi connectivity index (χ1) is 7.84. The zero-order valence-corrected chi connectivity index (χ0v) is 10.7. The molecule has 0 heterocycles. The van der Waals surface area contributed by atoms with Crippen LogP contribution in [0, 0.1) is 27.7 Å². The predicted octanol–water partition coefficient (Wildman–Crippen LogP) is 2.56. The number of hydrogen-bond acceptors (Lipinski definition) is 2. The lowest BCUT2D eigenvalue weighted by Gasteiger charge is -2.18. The number of hydrogen-bond donors (Lipinski definition) is 2. The number of carboxylic acid groups (broad SMARTS) is 1. The molecule has 1 atom stereocenters. The minimum Gasteiger partial charge on any atom is -0.478 e. The maximum absolute atomic E-state index is 10.5. The molecule has 92 valence electrons. The monoisotopic (exact) mass is 233 g/mol. The second-order valence-corrected chi connectivity index (χ2v) is 4.40. The average molecular weight is 233 g/mol. The Morgan fingerprint density at radius 3 is 2.12 bits per heavy atom. The van der Waals surface area contributed by atoms with Crippen LogP contribution in [0.3, 0.4) is 0 Å². The molecular weight excluding hydrogens is 214 g/mol. The molecular formula is C14H19NO2. The minimum absolute atomic E-state index is 0.371. The molecule has 1 aromatic carbocycles. The Morgan fingerprint density at radius 2 is 1.71 bits per heavy atom. The van der Waals surface area contributed by atoms with Crippen LogP contribution in [0.4, 0.5) is 0 Å². The van der Waals surface area contributed by atoms with Gasteiger partial charge in [0.25, 0.3) is 0 Å². The molecule has 0 aliphatic rings. The van der Waals surface area contributed by atoms with Gasteiger partial charge in [-0.2, -0.15) is 0 Å². The molecule has 0 aliphatic carbocycles. The smallest absolute Gasteiger partial charge is 0.328 e. The van der Waals surface area contributed by atoms with Crippen LogP contribution in [0.15, 0.2) is 18.2 Å². The fraction of sp³-hybridized carbons (Fsp3) is 0.357. The van der Waals surface area contributed by atoms with Gasteiger partial charge in [-0.25, -0.2) is 4.79 Å². The van der Waals surface area contributed by atoms with Gasteiger partial charge in [0, 0.05) is 12.1 Å². The Bertz CT molecular complexity index is 449. The van der Waals surface area contributed by atoms with E-state index in [1.165, 1.54) is 17.2 Å². The van der Waals surface area contributed by atoms with Crippen molar-refractivity contribution in [3.05, 3.63) is 46.0 Å². The van der Waals surface area contributed by atoms with Crippen molar-refractivity contribution in [1.29, 1.82) is 0 Å². The Kier molecular flexibility index (Phi) is 4.07. The molecule has 3 heteroatoms. The predicted molar refractivity (Wildman–Crippen MR) is 69.1 cm³/mol. The lowest BCUT2D eigenvalue weighted by Crippen LogP contribution is -2.13. The van der Waals surface area contributed by atoms with Crippen molar-refractivity contribution in [3.8, 4) is 0 Å². The fourth-order valence-electron chi connectivity index (χ4n) is 2.03. The molecule has 0 radical (unpaired) electrons. The van der Waals surface area contributed by atoms with Crippen LogP contribution in [0.5, 0.6) is 0 Å². The lowest BCUT2D eigenvalue weighted by molar-refractivity contribution is -0.131. The van der Waals surface area contributed by atoms with Gasteiger partial charge in [-0.05, 0) is 55.5 Å². The molecule has 3 nitrogen and oxygen atoms in total. The Morgan fingerprint density at radius 1 is 1.24 bits per heavy atom. The van der Waals surface area contributed by atoms with Gasteiger partial charge in [-0.15, -0.1) is 0 Å². The maximum Gasteiger partial charge on any atom is 0.328 e. The summed E-state index contributed by atoms with van der Waals surface area (Å²) >= 11 is 0. The largest absolute Gasteiger partial charge is 0.478 e. The second kappa shape index (κ2) is 5.15. The summed E-state index contributed by atoms with van der Waals surface area (Å²) in [5.41, 5.74) is 11.7. The minimum atomic E-state index is -0.972. The second-order valence-electron chi connectivity index (χ2n) is 4.40. The summed E-state index contributed by atoms with van der Waals surface area (Å²) in [6.07, 6.45) is 2.62. The van der Waals surface area contributed by atoms with Gasteiger partial charge in [0.15, 0.2) is 0 Å². The van der Waals surface area contributed by atoms with Gasteiger partial charge in [0.1, 0.15) is 0 Å². The molecule has 0 aromatic heterocycles. The van der Waals surface area contributed by atoms with E-state index in [4.69, 9.17) is 10.8 Å². The van der Waals surface area contributed by atoms with Crippen molar-refractivity contribution in [2.75, 3.05) is 0 Å². The molecule has 1 unspecified atom stereocenters. The molecule has 1 aromatic rings. The zero-order valence-electron chi connectivity index (χ0n) is 10.7. The molecule has 0 saturated carbocycles. The van der Waals surface area contributed by atoms with Gasteiger partial charge < -0.3 is 10.8 Å². The van der Waals surface area contributed by atoms with E-state index < -0.39 is 5.97 Å². The number of benzene rings is 1.